The van der Waals surface area contributed by atoms with Crippen LogP contribution in [0.25, 0.3) is 0 Å². The van der Waals surface area contributed by atoms with E-state index < -0.39 is 0 Å². The van der Waals surface area contributed by atoms with Crippen LogP contribution in [0.15, 0.2) is 6.07 Å². The zero-order valence-corrected chi connectivity index (χ0v) is 10.7. The van der Waals surface area contributed by atoms with Gasteiger partial charge in [-0.3, -0.25) is 10.1 Å². The highest BCUT2D eigenvalue weighted by atomic mass is 16.5. The minimum absolute atomic E-state index is 0.0872. The molecule has 1 aliphatic rings. The van der Waals surface area contributed by atoms with E-state index in [1.807, 2.05) is 6.92 Å². The highest BCUT2D eigenvalue weighted by Gasteiger charge is 2.20. The molecule has 0 unspecified atom stereocenters. The number of methoxy groups -OCH3 is 1. The van der Waals surface area contributed by atoms with Gasteiger partial charge in [0.25, 0.3) is 0 Å². The number of hydrogen-bond acceptors (Lipinski definition) is 5. The highest BCUT2D eigenvalue weighted by Crippen LogP contribution is 2.18. The maximum absolute atomic E-state index is 11.7. The van der Waals surface area contributed by atoms with Gasteiger partial charge >= 0.3 is 0 Å². The number of nitrogens with zero attached hydrogens (tertiary/aromatic N) is 2. The standard InChI is InChI=1S/C12H18N4O2/c1-8-7-11(18-2)16-12(14-8)15-10(17)5-6-13-9-3-4-9/h7,9,13H,3-6H2,1-2H3,(H,14,15,16,17). The Morgan fingerprint density at radius 3 is 2.94 bits per heavy atom. The van der Waals surface area contributed by atoms with Crippen LogP contribution in [-0.2, 0) is 4.79 Å². The Kier molecular flexibility index (Phi) is 4.09. The molecular formula is C12H18N4O2. The summed E-state index contributed by atoms with van der Waals surface area (Å²) in [5, 5.41) is 5.95. The van der Waals surface area contributed by atoms with E-state index in [1.54, 1.807) is 6.07 Å². The SMILES string of the molecule is COc1cc(C)nc(NC(=O)CCNC2CC2)n1. The number of nitrogens with one attached hydrogen (secondary N) is 2. The van der Waals surface area contributed by atoms with Crippen LogP contribution in [0.5, 0.6) is 5.88 Å². The van der Waals surface area contributed by atoms with Crippen LogP contribution in [0.2, 0.25) is 0 Å². The fourth-order valence-electron chi connectivity index (χ4n) is 1.56. The molecule has 1 heterocycles. The van der Waals surface area contributed by atoms with Crippen molar-refractivity contribution >= 4 is 11.9 Å². The molecule has 0 aromatic carbocycles. The summed E-state index contributed by atoms with van der Waals surface area (Å²) < 4.78 is 5.02. The fourth-order valence-corrected chi connectivity index (χ4v) is 1.56. The van der Waals surface area contributed by atoms with Crippen molar-refractivity contribution in [2.24, 2.45) is 0 Å². The molecule has 0 bridgehead atoms. The van der Waals surface area contributed by atoms with Gasteiger partial charge in [-0.05, 0) is 19.8 Å². The van der Waals surface area contributed by atoms with Crippen molar-refractivity contribution in [1.29, 1.82) is 0 Å². The van der Waals surface area contributed by atoms with Crippen LogP contribution < -0.4 is 15.4 Å². The molecule has 2 rings (SSSR count). The number of ether oxygens (including phenoxy) is 1. The second-order valence-electron chi connectivity index (χ2n) is 4.40. The molecule has 6 heteroatoms. The third kappa shape index (κ3) is 3.96. The Balaban J connectivity index is 1.83. The first kappa shape index (κ1) is 12.8. The van der Waals surface area contributed by atoms with Gasteiger partial charge < -0.3 is 10.1 Å². The zero-order valence-electron chi connectivity index (χ0n) is 10.7. The molecule has 0 radical (unpaired) electrons. The molecule has 1 aliphatic carbocycles. The van der Waals surface area contributed by atoms with Crippen molar-refractivity contribution in [2.75, 3.05) is 19.0 Å². The highest BCUT2D eigenvalue weighted by molar-refractivity contribution is 5.89. The number of rotatable bonds is 6. The molecule has 18 heavy (non-hydrogen) atoms. The van der Waals surface area contributed by atoms with Crippen LogP contribution in [-0.4, -0.2) is 35.6 Å². The molecule has 1 fully saturated rings. The van der Waals surface area contributed by atoms with E-state index in [4.69, 9.17) is 4.74 Å². The number of amides is 1. The number of aryl methyl sites for hydroxylation is 1. The lowest BCUT2D eigenvalue weighted by Gasteiger charge is -2.06. The van der Waals surface area contributed by atoms with Crippen LogP contribution in [0, 0.1) is 6.92 Å². The molecule has 98 valence electrons. The maximum atomic E-state index is 11.7. The Bertz CT molecular complexity index is 432. The number of carbonyl (C=O) groups excluding carboxylic acids is 1. The number of aromatic nitrogens is 2. The summed E-state index contributed by atoms with van der Waals surface area (Å²) in [7, 11) is 1.53. The zero-order chi connectivity index (χ0) is 13.0. The summed E-state index contributed by atoms with van der Waals surface area (Å²) in [6, 6.07) is 2.33. The van der Waals surface area contributed by atoms with E-state index in [0.29, 0.717) is 30.8 Å². The third-order valence-electron chi connectivity index (χ3n) is 2.65. The molecule has 0 saturated heterocycles. The molecule has 0 atom stereocenters. The van der Waals surface area contributed by atoms with E-state index in [0.717, 1.165) is 5.69 Å². The van der Waals surface area contributed by atoms with Gasteiger partial charge in [-0.25, -0.2) is 4.98 Å². The largest absolute Gasteiger partial charge is 0.481 e. The van der Waals surface area contributed by atoms with E-state index >= 15 is 0 Å². The lowest BCUT2D eigenvalue weighted by Crippen LogP contribution is -2.23. The van der Waals surface area contributed by atoms with Crippen LogP contribution >= 0.6 is 0 Å². The second-order valence-corrected chi connectivity index (χ2v) is 4.40. The predicted molar refractivity (Wildman–Crippen MR) is 67.6 cm³/mol. The van der Waals surface area contributed by atoms with E-state index in [1.165, 1.54) is 20.0 Å². The van der Waals surface area contributed by atoms with Gasteiger partial charge in [-0.15, -0.1) is 0 Å². The summed E-state index contributed by atoms with van der Waals surface area (Å²) in [4.78, 5) is 19.8. The smallest absolute Gasteiger partial charge is 0.232 e. The minimum atomic E-state index is -0.0872. The first-order valence-electron chi connectivity index (χ1n) is 6.10. The summed E-state index contributed by atoms with van der Waals surface area (Å²) in [6.45, 7) is 2.52. The second kappa shape index (κ2) is 5.77. The van der Waals surface area contributed by atoms with Gasteiger partial charge in [0.15, 0.2) is 0 Å². The Labute approximate surface area is 106 Å². The molecule has 6 nitrogen and oxygen atoms in total. The summed E-state index contributed by atoms with van der Waals surface area (Å²) in [6.07, 6.45) is 2.87. The van der Waals surface area contributed by atoms with E-state index in [-0.39, 0.29) is 5.91 Å². The van der Waals surface area contributed by atoms with Gasteiger partial charge in [0.1, 0.15) is 0 Å². The van der Waals surface area contributed by atoms with Crippen LogP contribution in [0.1, 0.15) is 25.0 Å². The number of carbonyl (C=O) groups is 1. The maximum Gasteiger partial charge on any atom is 0.232 e. The van der Waals surface area contributed by atoms with Crippen molar-refractivity contribution in [3.05, 3.63) is 11.8 Å². The lowest BCUT2D eigenvalue weighted by molar-refractivity contribution is -0.116. The van der Waals surface area contributed by atoms with Crippen LogP contribution in [0.4, 0.5) is 5.95 Å². The number of anilines is 1. The Morgan fingerprint density at radius 1 is 1.50 bits per heavy atom. The molecular weight excluding hydrogens is 232 g/mol. The van der Waals surface area contributed by atoms with Crippen molar-refractivity contribution in [1.82, 2.24) is 15.3 Å². The molecule has 1 aromatic heterocycles. The van der Waals surface area contributed by atoms with Crippen molar-refractivity contribution in [3.8, 4) is 5.88 Å². The Morgan fingerprint density at radius 2 is 2.28 bits per heavy atom. The van der Waals surface area contributed by atoms with Crippen molar-refractivity contribution < 1.29 is 9.53 Å². The fraction of sp³-hybridized carbons (Fsp3) is 0.583. The van der Waals surface area contributed by atoms with Gasteiger partial charge in [-0.2, -0.15) is 4.98 Å². The Hall–Kier alpha value is -1.69. The molecule has 1 saturated carbocycles. The summed E-state index contributed by atoms with van der Waals surface area (Å²) >= 11 is 0. The molecule has 0 aliphatic heterocycles. The van der Waals surface area contributed by atoms with Crippen molar-refractivity contribution in [2.45, 2.75) is 32.2 Å². The van der Waals surface area contributed by atoms with Gasteiger partial charge in [0.2, 0.25) is 17.7 Å². The quantitative estimate of drug-likeness (QED) is 0.783. The topological polar surface area (TPSA) is 76.1 Å². The lowest BCUT2D eigenvalue weighted by atomic mass is 10.4. The molecule has 2 N–H and O–H groups in total. The van der Waals surface area contributed by atoms with Gasteiger partial charge in [0.05, 0.1) is 7.11 Å². The number of hydrogen-bond donors (Lipinski definition) is 2. The van der Waals surface area contributed by atoms with Crippen molar-refractivity contribution in [3.63, 3.8) is 0 Å². The first-order valence-corrected chi connectivity index (χ1v) is 6.10. The van der Waals surface area contributed by atoms with Crippen LogP contribution in [0.3, 0.4) is 0 Å². The van der Waals surface area contributed by atoms with Gasteiger partial charge in [-0.1, -0.05) is 0 Å². The normalized spacial score (nSPS) is 14.3. The minimum Gasteiger partial charge on any atom is -0.481 e. The molecule has 0 spiro atoms. The van der Waals surface area contributed by atoms with Gasteiger partial charge in [0, 0.05) is 30.8 Å². The first-order chi connectivity index (χ1) is 8.67. The average Bonchev–Trinajstić information content (AvgIpc) is 3.12. The van der Waals surface area contributed by atoms with E-state index in [2.05, 4.69) is 20.6 Å². The summed E-state index contributed by atoms with van der Waals surface area (Å²) in [5.74, 6) is 0.660. The third-order valence-corrected chi connectivity index (χ3v) is 2.65. The van der Waals surface area contributed by atoms with E-state index in [9.17, 15) is 4.79 Å². The molecule has 1 aromatic rings. The monoisotopic (exact) mass is 250 g/mol. The molecule has 1 amide bonds. The predicted octanol–water partition coefficient (Wildman–Crippen LogP) is 0.874. The average molecular weight is 250 g/mol. The summed E-state index contributed by atoms with van der Waals surface area (Å²) in [5.41, 5.74) is 0.758.